The standard InChI is InChI=1S/C13H27NO2/c1-13(2)7-6-11(12(13)15)10-14(3)8-5-9-16-4/h11-12,15H,5-10H2,1-4H3. The molecule has 1 saturated carbocycles. The number of aliphatic hydroxyl groups excluding tert-OH is 1. The zero-order valence-electron chi connectivity index (χ0n) is 11.2. The summed E-state index contributed by atoms with van der Waals surface area (Å²) in [5, 5.41) is 10.2. The smallest absolute Gasteiger partial charge is 0.0631 e. The van der Waals surface area contributed by atoms with Crippen molar-refractivity contribution in [1.29, 1.82) is 0 Å². The van der Waals surface area contributed by atoms with Crippen molar-refractivity contribution < 1.29 is 9.84 Å². The van der Waals surface area contributed by atoms with Crippen molar-refractivity contribution in [2.45, 2.75) is 39.2 Å². The third-order valence-electron chi connectivity index (χ3n) is 3.84. The van der Waals surface area contributed by atoms with Crippen LogP contribution in [0.15, 0.2) is 0 Å². The molecule has 0 spiro atoms. The summed E-state index contributed by atoms with van der Waals surface area (Å²) in [4.78, 5) is 2.31. The molecule has 96 valence electrons. The van der Waals surface area contributed by atoms with E-state index >= 15 is 0 Å². The van der Waals surface area contributed by atoms with Crippen molar-refractivity contribution in [3.8, 4) is 0 Å². The molecule has 0 aliphatic heterocycles. The Balaban J connectivity index is 2.27. The van der Waals surface area contributed by atoms with Gasteiger partial charge in [0.2, 0.25) is 0 Å². The Labute approximate surface area is 99.8 Å². The Kier molecular flexibility index (Phi) is 5.22. The summed E-state index contributed by atoms with van der Waals surface area (Å²) in [7, 11) is 3.87. The van der Waals surface area contributed by atoms with Gasteiger partial charge in [0.05, 0.1) is 6.10 Å². The molecule has 0 amide bonds. The molecule has 1 rings (SSSR count). The first-order valence-electron chi connectivity index (χ1n) is 6.33. The van der Waals surface area contributed by atoms with Gasteiger partial charge in [-0.2, -0.15) is 0 Å². The summed E-state index contributed by atoms with van der Waals surface area (Å²) in [6.07, 6.45) is 3.23. The van der Waals surface area contributed by atoms with Crippen LogP contribution >= 0.6 is 0 Å². The number of hydrogen-bond donors (Lipinski definition) is 1. The SMILES string of the molecule is COCCCN(C)CC1CCC(C)(C)C1O. The molecule has 0 heterocycles. The van der Waals surface area contributed by atoms with Gasteiger partial charge in [0.25, 0.3) is 0 Å². The van der Waals surface area contributed by atoms with Crippen LogP contribution in [0.1, 0.15) is 33.1 Å². The van der Waals surface area contributed by atoms with Crippen molar-refractivity contribution in [3.05, 3.63) is 0 Å². The summed E-state index contributed by atoms with van der Waals surface area (Å²) >= 11 is 0. The highest BCUT2D eigenvalue weighted by Gasteiger charge is 2.40. The van der Waals surface area contributed by atoms with Gasteiger partial charge in [-0.15, -0.1) is 0 Å². The van der Waals surface area contributed by atoms with Crippen LogP contribution < -0.4 is 0 Å². The molecule has 1 aliphatic rings. The van der Waals surface area contributed by atoms with Gasteiger partial charge in [-0.25, -0.2) is 0 Å². The third-order valence-corrected chi connectivity index (χ3v) is 3.84. The number of nitrogens with zero attached hydrogens (tertiary/aromatic N) is 1. The van der Waals surface area contributed by atoms with Gasteiger partial charge < -0.3 is 14.7 Å². The van der Waals surface area contributed by atoms with Crippen molar-refractivity contribution in [2.75, 3.05) is 33.9 Å². The van der Waals surface area contributed by atoms with Gasteiger partial charge in [0.1, 0.15) is 0 Å². The van der Waals surface area contributed by atoms with Gasteiger partial charge in [0.15, 0.2) is 0 Å². The molecule has 0 bridgehead atoms. The van der Waals surface area contributed by atoms with Crippen LogP contribution in [0.25, 0.3) is 0 Å². The van der Waals surface area contributed by atoms with Crippen LogP contribution in [-0.2, 0) is 4.74 Å². The van der Waals surface area contributed by atoms with Gasteiger partial charge in [0, 0.05) is 26.8 Å². The van der Waals surface area contributed by atoms with E-state index in [9.17, 15) is 5.11 Å². The molecular weight excluding hydrogens is 202 g/mol. The van der Waals surface area contributed by atoms with Gasteiger partial charge in [-0.05, 0) is 37.6 Å². The number of rotatable bonds is 6. The van der Waals surface area contributed by atoms with E-state index in [1.165, 1.54) is 0 Å². The molecule has 0 aromatic carbocycles. The van der Waals surface area contributed by atoms with E-state index in [4.69, 9.17) is 4.74 Å². The molecule has 0 aromatic rings. The summed E-state index contributed by atoms with van der Waals surface area (Å²) in [5.74, 6) is 0.447. The minimum absolute atomic E-state index is 0.109. The maximum absolute atomic E-state index is 10.2. The van der Waals surface area contributed by atoms with Gasteiger partial charge in [-0.3, -0.25) is 0 Å². The van der Waals surface area contributed by atoms with Crippen LogP contribution in [0.5, 0.6) is 0 Å². The largest absolute Gasteiger partial charge is 0.392 e. The zero-order valence-corrected chi connectivity index (χ0v) is 11.2. The normalized spacial score (nSPS) is 28.9. The number of hydrogen-bond acceptors (Lipinski definition) is 3. The Bertz CT molecular complexity index is 206. The van der Waals surface area contributed by atoms with Crippen LogP contribution in [0, 0.1) is 11.3 Å². The topological polar surface area (TPSA) is 32.7 Å². The summed E-state index contributed by atoms with van der Waals surface area (Å²) in [6.45, 7) is 7.22. The quantitative estimate of drug-likeness (QED) is 0.704. The van der Waals surface area contributed by atoms with Gasteiger partial charge >= 0.3 is 0 Å². The molecule has 2 atom stereocenters. The van der Waals surface area contributed by atoms with E-state index in [1.54, 1.807) is 7.11 Å². The lowest BCUT2D eigenvalue weighted by atomic mass is 9.87. The minimum Gasteiger partial charge on any atom is -0.392 e. The highest BCUT2D eigenvalue weighted by Crippen LogP contribution is 2.41. The molecule has 1 N–H and O–H groups in total. The van der Waals surface area contributed by atoms with E-state index in [0.29, 0.717) is 5.92 Å². The van der Waals surface area contributed by atoms with Crippen molar-refractivity contribution in [1.82, 2.24) is 4.90 Å². The van der Waals surface area contributed by atoms with Crippen molar-refractivity contribution in [3.63, 3.8) is 0 Å². The fraction of sp³-hybridized carbons (Fsp3) is 1.00. The fourth-order valence-corrected chi connectivity index (χ4v) is 2.66. The molecule has 1 fully saturated rings. The first-order valence-corrected chi connectivity index (χ1v) is 6.33. The Morgan fingerprint density at radius 1 is 1.44 bits per heavy atom. The predicted molar refractivity (Wildman–Crippen MR) is 66.5 cm³/mol. The summed E-state index contributed by atoms with van der Waals surface area (Å²) < 4.78 is 5.04. The molecule has 3 heteroatoms. The monoisotopic (exact) mass is 229 g/mol. The second-order valence-corrected chi connectivity index (χ2v) is 5.84. The average molecular weight is 229 g/mol. The Hall–Kier alpha value is -0.120. The predicted octanol–water partition coefficient (Wildman–Crippen LogP) is 1.75. The van der Waals surface area contributed by atoms with Crippen LogP contribution in [-0.4, -0.2) is 50.0 Å². The van der Waals surface area contributed by atoms with Gasteiger partial charge in [-0.1, -0.05) is 13.8 Å². The lowest BCUT2D eigenvalue weighted by Crippen LogP contribution is -2.35. The zero-order chi connectivity index (χ0) is 12.2. The average Bonchev–Trinajstić information content (AvgIpc) is 2.46. The first kappa shape index (κ1) is 13.9. The molecule has 2 unspecified atom stereocenters. The van der Waals surface area contributed by atoms with Crippen molar-refractivity contribution >= 4 is 0 Å². The lowest BCUT2D eigenvalue weighted by Gasteiger charge is -2.28. The fourth-order valence-electron chi connectivity index (χ4n) is 2.66. The molecular formula is C13H27NO2. The minimum atomic E-state index is -0.141. The van der Waals surface area contributed by atoms with E-state index in [1.807, 2.05) is 0 Å². The molecule has 1 aliphatic carbocycles. The molecule has 0 aromatic heterocycles. The second-order valence-electron chi connectivity index (χ2n) is 5.84. The maximum Gasteiger partial charge on any atom is 0.0631 e. The maximum atomic E-state index is 10.2. The highest BCUT2D eigenvalue weighted by atomic mass is 16.5. The molecule has 3 nitrogen and oxygen atoms in total. The number of ether oxygens (including phenoxy) is 1. The van der Waals surface area contributed by atoms with Crippen LogP contribution in [0.2, 0.25) is 0 Å². The van der Waals surface area contributed by atoms with E-state index in [2.05, 4.69) is 25.8 Å². The molecule has 0 radical (unpaired) electrons. The Morgan fingerprint density at radius 2 is 2.12 bits per heavy atom. The second kappa shape index (κ2) is 5.99. The first-order chi connectivity index (χ1) is 7.47. The number of aliphatic hydroxyl groups is 1. The van der Waals surface area contributed by atoms with Crippen LogP contribution in [0.3, 0.4) is 0 Å². The molecule has 0 saturated heterocycles. The highest BCUT2D eigenvalue weighted by molar-refractivity contribution is 4.91. The molecule has 16 heavy (non-hydrogen) atoms. The summed E-state index contributed by atoms with van der Waals surface area (Å²) in [5.41, 5.74) is 0.109. The van der Waals surface area contributed by atoms with E-state index in [0.717, 1.165) is 39.0 Å². The Morgan fingerprint density at radius 3 is 2.62 bits per heavy atom. The van der Waals surface area contributed by atoms with Crippen molar-refractivity contribution in [2.24, 2.45) is 11.3 Å². The van der Waals surface area contributed by atoms with Crippen LogP contribution in [0.4, 0.5) is 0 Å². The summed E-state index contributed by atoms with van der Waals surface area (Å²) in [6, 6.07) is 0. The lowest BCUT2D eigenvalue weighted by molar-refractivity contribution is 0.0348. The van der Waals surface area contributed by atoms with E-state index < -0.39 is 0 Å². The number of methoxy groups -OCH3 is 1. The third kappa shape index (κ3) is 3.72. The van der Waals surface area contributed by atoms with E-state index in [-0.39, 0.29) is 11.5 Å².